The van der Waals surface area contributed by atoms with Crippen LogP contribution in [0.4, 0.5) is 0 Å². The van der Waals surface area contributed by atoms with E-state index in [0.29, 0.717) is 5.54 Å². The summed E-state index contributed by atoms with van der Waals surface area (Å²) in [6, 6.07) is 0. The van der Waals surface area contributed by atoms with Crippen LogP contribution in [-0.4, -0.2) is 36.6 Å². The molecule has 1 saturated heterocycles. The van der Waals surface area contributed by atoms with Gasteiger partial charge in [0.1, 0.15) is 0 Å². The zero-order valence-corrected chi connectivity index (χ0v) is 12.3. The first-order valence-electron chi connectivity index (χ1n) is 8.24. The van der Waals surface area contributed by atoms with Crippen LogP contribution in [0.5, 0.6) is 0 Å². The van der Waals surface area contributed by atoms with Crippen LogP contribution >= 0.6 is 0 Å². The standard InChI is InChI=1S/C16H30N2/c1-3-16(4-2)12-18(10-9-17-16)11-15(13-5-6-13)14-7-8-14/h13-15,17H,3-12H2,1-2H3. The van der Waals surface area contributed by atoms with E-state index in [1.165, 1.54) is 64.7 Å². The molecule has 3 rings (SSSR count). The van der Waals surface area contributed by atoms with Crippen molar-refractivity contribution >= 4 is 0 Å². The van der Waals surface area contributed by atoms with E-state index in [0.717, 1.165) is 17.8 Å². The normalized spacial score (nSPS) is 28.8. The molecule has 0 unspecified atom stereocenters. The molecule has 2 saturated carbocycles. The van der Waals surface area contributed by atoms with Crippen LogP contribution in [0, 0.1) is 17.8 Å². The zero-order valence-electron chi connectivity index (χ0n) is 12.3. The third-order valence-corrected chi connectivity index (χ3v) is 5.73. The summed E-state index contributed by atoms with van der Waals surface area (Å²) in [7, 11) is 0. The molecule has 2 heteroatoms. The molecule has 3 aliphatic rings. The SMILES string of the molecule is CCC1(CC)CN(CC(C2CC2)C2CC2)CCN1. The van der Waals surface area contributed by atoms with E-state index in [4.69, 9.17) is 0 Å². The second-order valence-electron chi connectivity index (χ2n) is 6.99. The van der Waals surface area contributed by atoms with Crippen LogP contribution in [0.15, 0.2) is 0 Å². The summed E-state index contributed by atoms with van der Waals surface area (Å²) in [6.45, 7) is 9.86. The molecule has 3 fully saturated rings. The molecule has 0 atom stereocenters. The first kappa shape index (κ1) is 12.9. The topological polar surface area (TPSA) is 15.3 Å². The second kappa shape index (κ2) is 5.13. The van der Waals surface area contributed by atoms with Gasteiger partial charge in [-0.05, 0) is 56.3 Å². The summed E-state index contributed by atoms with van der Waals surface area (Å²) in [5.74, 6) is 3.25. The molecule has 0 radical (unpaired) electrons. The molecular formula is C16H30N2. The molecule has 1 aliphatic heterocycles. The van der Waals surface area contributed by atoms with Crippen LogP contribution in [0.2, 0.25) is 0 Å². The van der Waals surface area contributed by atoms with Crippen LogP contribution in [0.25, 0.3) is 0 Å². The lowest BCUT2D eigenvalue weighted by Crippen LogP contribution is -2.60. The Bertz CT molecular complexity index is 265. The van der Waals surface area contributed by atoms with Crippen molar-refractivity contribution in [3.8, 4) is 0 Å². The average Bonchev–Trinajstić information content (AvgIpc) is 3.29. The second-order valence-corrected chi connectivity index (χ2v) is 6.99. The lowest BCUT2D eigenvalue weighted by Gasteiger charge is -2.44. The Hall–Kier alpha value is -0.0800. The minimum Gasteiger partial charge on any atom is -0.309 e. The molecule has 18 heavy (non-hydrogen) atoms. The lowest BCUT2D eigenvalue weighted by molar-refractivity contribution is 0.0996. The Morgan fingerprint density at radius 3 is 2.22 bits per heavy atom. The Labute approximate surface area is 113 Å². The average molecular weight is 250 g/mol. The molecule has 1 N–H and O–H groups in total. The highest BCUT2D eigenvalue weighted by atomic mass is 15.2. The third-order valence-electron chi connectivity index (χ3n) is 5.73. The van der Waals surface area contributed by atoms with Gasteiger partial charge in [0, 0.05) is 31.7 Å². The van der Waals surface area contributed by atoms with Gasteiger partial charge in [-0.1, -0.05) is 13.8 Å². The van der Waals surface area contributed by atoms with Gasteiger partial charge in [0.15, 0.2) is 0 Å². The van der Waals surface area contributed by atoms with Crippen LogP contribution in [-0.2, 0) is 0 Å². The van der Waals surface area contributed by atoms with Crippen molar-refractivity contribution in [1.29, 1.82) is 0 Å². The largest absolute Gasteiger partial charge is 0.309 e. The van der Waals surface area contributed by atoms with Gasteiger partial charge in [0.25, 0.3) is 0 Å². The van der Waals surface area contributed by atoms with E-state index in [2.05, 4.69) is 24.1 Å². The fourth-order valence-electron chi connectivity index (χ4n) is 3.95. The summed E-state index contributed by atoms with van der Waals surface area (Å²) < 4.78 is 0. The number of nitrogens with zero attached hydrogens (tertiary/aromatic N) is 1. The van der Waals surface area contributed by atoms with Crippen molar-refractivity contribution in [3.63, 3.8) is 0 Å². The van der Waals surface area contributed by atoms with Crippen LogP contribution in [0.1, 0.15) is 52.4 Å². The molecule has 0 bridgehead atoms. The molecule has 0 aromatic carbocycles. The molecule has 0 spiro atoms. The Balaban J connectivity index is 1.57. The summed E-state index contributed by atoms with van der Waals surface area (Å²) in [5.41, 5.74) is 0.413. The van der Waals surface area contributed by atoms with E-state index in [9.17, 15) is 0 Å². The summed E-state index contributed by atoms with van der Waals surface area (Å²) in [4.78, 5) is 2.78. The van der Waals surface area contributed by atoms with Gasteiger partial charge < -0.3 is 5.32 Å². The van der Waals surface area contributed by atoms with E-state index >= 15 is 0 Å². The highest BCUT2D eigenvalue weighted by molar-refractivity contribution is 4.97. The van der Waals surface area contributed by atoms with Crippen molar-refractivity contribution in [3.05, 3.63) is 0 Å². The number of rotatable bonds is 6. The maximum absolute atomic E-state index is 3.78. The van der Waals surface area contributed by atoms with Gasteiger partial charge in [-0.3, -0.25) is 4.90 Å². The summed E-state index contributed by atoms with van der Waals surface area (Å²) >= 11 is 0. The molecule has 0 aromatic rings. The van der Waals surface area contributed by atoms with Crippen LogP contribution < -0.4 is 5.32 Å². The predicted molar refractivity (Wildman–Crippen MR) is 76.7 cm³/mol. The zero-order chi connectivity index (χ0) is 12.6. The van der Waals surface area contributed by atoms with Crippen molar-refractivity contribution in [1.82, 2.24) is 10.2 Å². The van der Waals surface area contributed by atoms with Gasteiger partial charge in [-0.2, -0.15) is 0 Å². The number of nitrogens with one attached hydrogen (secondary N) is 1. The van der Waals surface area contributed by atoms with E-state index in [1.54, 1.807) is 0 Å². The van der Waals surface area contributed by atoms with Crippen molar-refractivity contribution in [2.75, 3.05) is 26.2 Å². The summed E-state index contributed by atoms with van der Waals surface area (Å²) in [6.07, 6.45) is 8.66. The Kier molecular flexibility index (Phi) is 3.68. The maximum Gasteiger partial charge on any atom is 0.0304 e. The first-order chi connectivity index (χ1) is 8.76. The fraction of sp³-hybridized carbons (Fsp3) is 1.00. The fourth-order valence-corrected chi connectivity index (χ4v) is 3.95. The Morgan fingerprint density at radius 1 is 1.11 bits per heavy atom. The first-order valence-corrected chi connectivity index (χ1v) is 8.24. The van der Waals surface area contributed by atoms with E-state index in [-0.39, 0.29) is 0 Å². The van der Waals surface area contributed by atoms with Gasteiger partial charge in [0.05, 0.1) is 0 Å². The quantitative estimate of drug-likeness (QED) is 0.780. The van der Waals surface area contributed by atoms with Crippen molar-refractivity contribution in [2.24, 2.45) is 17.8 Å². The van der Waals surface area contributed by atoms with Crippen LogP contribution in [0.3, 0.4) is 0 Å². The summed E-state index contributed by atoms with van der Waals surface area (Å²) in [5, 5.41) is 3.78. The maximum atomic E-state index is 3.78. The number of piperazine rings is 1. The molecule has 0 amide bonds. The van der Waals surface area contributed by atoms with Gasteiger partial charge in [-0.25, -0.2) is 0 Å². The minimum absolute atomic E-state index is 0.413. The van der Waals surface area contributed by atoms with E-state index < -0.39 is 0 Å². The third kappa shape index (κ3) is 2.75. The number of hydrogen-bond acceptors (Lipinski definition) is 2. The van der Waals surface area contributed by atoms with Crippen molar-refractivity contribution in [2.45, 2.75) is 57.9 Å². The van der Waals surface area contributed by atoms with Gasteiger partial charge in [-0.15, -0.1) is 0 Å². The highest BCUT2D eigenvalue weighted by Gasteiger charge is 2.43. The molecule has 2 aliphatic carbocycles. The highest BCUT2D eigenvalue weighted by Crippen LogP contribution is 2.49. The molecule has 0 aromatic heterocycles. The molecule has 1 heterocycles. The lowest BCUT2D eigenvalue weighted by atomic mass is 9.89. The molecule has 104 valence electrons. The predicted octanol–water partition coefficient (Wildman–Crippen LogP) is 2.89. The number of hydrogen-bond donors (Lipinski definition) is 1. The Morgan fingerprint density at radius 2 is 1.72 bits per heavy atom. The van der Waals surface area contributed by atoms with E-state index in [1.807, 2.05) is 0 Å². The van der Waals surface area contributed by atoms with Crippen molar-refractivity contribution < 1.29 is 0 Å². The molecule has 2 nitrogen and oxygen atoms in total. The smallest absolute Gasteiger partial charge is 0.0304 e. The molecular weight excluding hydrogens is 220 g/mol. The monoisotopic (exact) mass is 250 g/mol. The van der Waals surface area contributed by atoms with Gasteiger partial charge >= 0.3 is 0 Å². The minimum atomic E-state index is 0.413. The van der Waals surface area contributed by atoms with Gasteiger partial charge in [0.2, 0.25) is 0 Å².